The second-order valence-corrected chi connectivity index (χ2v) is 4.21. The van der Waals surface area contributed by atoms with Crippen LogP contribution in [0.25, 0.3) is 0 Å². The third-order valence-electron chi connectivity index (χ3n) is 2.83. The Morgan fingerprint density at radius 2 is 1.74 bits per heavy atom. The fourth-order valence-electron chi connectivity index (χ4n) is 1.76. The lowest BCUT2D eigenvalue weighted by molar-refractivity contribution is 0.0947. The lowest BCUT2D eigenvalue weighted by Gasteiger charge is -2.13. The Morgan fingerprint density at radius 1 is 1.11 bits per heavy atom. The minimum absolute atomic E-state index is 0.0303. The maximum atomic E-state index is 13.4. The van der Waals surface area contributed by atoms with Gasteiger partial charge in [0.05, 0.1) is 5.56 Å². The molecule has 3 nitrogen and oxygen atoms in total. The van der Waals surface area contributed by atoms with Gasteiger partial charge in [0.15, 0.2) is 0 Å². The summed E-state index contributed by atoms with van der Waals surface area (Å²) in [5.41, 5.74) is 6.91. The largest absolute Gasteiger partial charge is 0.350 e. The highest BCUT2D eigenvalue weighted by molar-refractivity contribution is 5.94. The van der Waals surface area contributed by atoms with E-state index in [-0.39, 0.29) is 18.2 Å². The first-order chi connectivity index (χ1) is 9.18. The molecule has 0 bridgehead atoms. The Hall–Kier alpha value is -2.20. The molecule has 2 rings (SSSR count). The number of halogens is 1. The van der Waals surface area contributed by atoms with E-state index in [0.29, 0.717) is 0 Å². The number of benzene rings is 2. The second-order valence-electron chi connectivity index (χ2n) is 4.21. The van der Waals surface area contributed by atoms with E-state index in [1.165, 1.54) is 12.1 Å². The van der Waals surface area contributed by atoms with Crippen LogP contribution in [0.15, 0.2) is 54.6 Å². The minimum Gasteiger partial charge on any atom is -0.350 e. The van der Waals surface area contributed by atoms with Gasteiger partial charge in [0.2, 0.25) is 0 Å². The van der Waals surface area contributed by atoms with Crippen molar-refractivity contribution in [1.82, 2.24) is 5.32 Å². The summed E-state index contributed by atoms with van der Waals surface area (Å²) in [4.78, 5) is 11.8. The van der Waals surface area contributed by atoms with E-state index in [4.69, 9.17) is 5.73 Å². The highest BCUT2D eigenvalue weighted by Crippen LogP contribution is 2.09. The van der Waals surface area contributed by atoms with E-state index in [1.807, 2.05) is 30.3 Å². The van der Waals surface area contributed by atoms with E-state index in [9.17, 15) is 9.18 Å². The van der Waals surface area contributed by atoms with Gasteiger partial charge in [0, 0.05) is 12.6 Å². The normalized spacial score (nSPS) is 11.9. The number of hydrogen-bond acceptors (Lipinski definition) is 2. The van der Waals surface area contributed by atoms with E-state index in [2.05, 4.69) is 5.32 Å². The second kappa shape index (κ2) is 6.11. The molecule has 2 aromatic rings. The predicted octanol–water partition coefficient (Wildman–Crippen LogP) is 2.26. The van der Waals surface area contributed by atoms with Gasteiger partial charge >= 0.3 is 0 Å². The average molecular weight is 258 g/mol. The Morgan fingerprint density at radius 3 is 2.42 bits per heavy atom. The number of nitrogens with two attached hydrogens (primary N) is 1. The molecule has 0 saturated heterocycles. The van der Waals surface area contributed by atoms with Crippen molar-refractivity contribution in [3.63, 3.8) is 0 Å². The molecule has 98 valence electrons. The summed E-state index contributed by atoms with van der Waals surface area (Å²) in [6, 6.07) is 15.0. The lowest BCUT2D eigenvalue weighted by atomic mass is 10.1. The van der Waals surface area contributed by atoms with Crippen LogP contribution < -0.4 is 11.1 Å². The van der Waals surface area contributed by atoms with Crippen LogP contribution in [0.4, 0.5) is 4.39 Å². The molecule has 3 N–H and O–H groups in total. The molecular formula is C15H15FN2O. The number of amides is 1. The zero-order chi connectivity index (χ0) is 13.7. The third-order valence-corrected chi connectivity index (χ3v) is 2.83. The zero-order valence-corrected chi connectivity index (χ0v) is 10.3. The number of hydrogen-bond donors (Lipinski definition) is 2. The van der Waals surface area contributed by atoms with E-state index in [1.54, 1.807) is 12.1 Å². The van der Waals surface area contributed by atoms with Crippen LogP contribution in [0.2, 0.25) is 0 Å². The van der Waals surface area contributed by atoms with Gasteiger partial charge in [0.1, 0.15) is 5.82 Å². The fourth-order valence-corrected chi connectivity index (χ4v) is 1.76. The lowest BCUT2D eigenvalue weighted by Crippen LogP contribution is -2.32. The van der Waals surface area contributed by atoms with Crippen molar-refractivity contribution in [2.75, 3.05) is 6.54 Å². The number of nitrogens with one attached hydrogen (secondary N) is 1. The van der Waals surface area contributed by atoms with Crippen molar-refractivity contribution in [2.45, 2.75) is 6.04 Å². The van der Waals surface area contributed by atoms with Crippen LogP contribution in [-0.2, 0) is 0 Å². The van der Waals surface area contributed by atoms with Crippen molar-refractivity contribution in [3.8, 4) is 0 Å². The monoisotopic (exact) mass is 258 g/mol. The van der Waals surface area contributed by atoms with Gasteiger partial charge in [0.25, 0.3) is 5.91 Å². The Bertz CT molecular complexity index is 557. The predicted molar refractivity (Wildman–Crippen MR) is 72.1 cm³/mol. The molecule has 0 aliphatic rings. The molecule has 0 radical (unpaired) electrons. The first kappa shape index (κ1) is 13.2. The smallest absolute Gasteiger partial charge is 0.254 e. The van der Waals surface area contributed by atoms with Crippen LogP contribution in [0.3, 0.4) is 0 Å². The highest BCUT2D eigenvalue weighted by atomic mass is 19.1. The molecule has 4 heteroatoms. The summed E-state index contributed by atoms with van der Waals surface area (Å²) in [5, 5.41) is 2.63. The Kier molecular flexibility index (Phi) is 4.26. The topological polar surface area (TPSA) is 55.1 Å². The number of rotatable bonds is 4. The first-order valence-electron chi connectivity index (χ1n) is 6.01. The SMILES string of the molecule is NC(CNC(=O)c1ccccc1F)c1ccccc1. The highest BCUT2D eigenvalue weighted by Gasteiger charge is 2.12. The summed E-state index contributed by atoms with van der Waals surface area (Å²) in [5.74, 6) is -0.988. The van der Waals surface area contributed by atoms with Crippen molar-refractivity contribution < 1.29 is 9.18 Å². The maximum Gasteiger partial charge on any atom is 0.254 e. The van der Waals surface area contributed by atoms with Gasteiger partial charge in [-0.25, -0.2) is 4.39 Å². The van der Waals surface area contributed by atoms with Gasteiger partial charge in [-0.15, -0.1) is 0 Å². The standard InChI is InChI=1S/C15H15FN2O/c16-13-9-5-4-8-12(13)15(19)18-10-14(17)11-6-2-1-3-7-11/h1-9,14H,10,17H2,(H,18,19). The number of carbonyl (C=O) groups excluding carboxylic acids is 1. The third kappa shape index (κ3) is 3.39. The van der Waals surface area contributed by atoms with Crippen molar-refractivity contribution in [2.24, 2.45) is 5.73 Å². The maximum absolute atomic E-state index is 13.4. The fraction of sp³-hybridized carbons (Fsp3) is 0.133. The van der Waals surface area contributed by atoms with Gasteiger partial charge in [-0.3, -0.25) is 4.79 Å². The molecule has 2 aromatic carbocycles. The molecule has 1 atom stereocenters. The summed E-state index contributed by atoms with van der Waals surface area (Å²) in [6.45, 7) is 0.261. The van der Waals surface area contributed by atoms with Crippen LogP contribution in [-0.4, -0.2) is 12.5 Å². The molecule has 0 aliphatic heterocycles. The van der Waals surface area contributed by atoms with Crippen molar-refractivity contribution in [1.29, 1.82) is 0 Å². The Labute approximate surface area is 111 Å². The van der Waals surface area contributed by atoms with E-state index >= 15 is 0 Å². The van der Waals surface area contributed by atoms with Gasteiger partial charge in [-0.05, 0) is 17.7 Å². The van der Waals surface area contributed by atoms with E-state index < -0.39 is 11.7 Å². The van der Waals surface area contributed by atoms with Crippen molar-refractivity contribution in [3.05, 3.63) is 71.5 Å². The summed E-state index contributed by atoms with van der Waals surface area (Å²) < 4.78 is 13.4. The molecular weight excluding hydrogens is 243 g/mol. The van der Waals surface area contributed by atoms with E-state index in [0.717, 1.165) is 5.56 Å². The molecule has 0 saturated carbocycles. The molecule has 19 heavy (non-hydrogen) atoms. The van der Waals surface area contributed by atoms with Crippen molar-refractivity contribution >= 4 is 5.91 Å². The first-order valence-corrected chi connectivity index (χ1v) is 6.01. The zero-order valence-electron chi connectivity index (χ0n) is 10.3. The van der Waals surface area contributed by atoms with Gasteiger partial charge in [-0.1, -0.05) is 42.5 Å². The van der Waals surface area contributed by atoms with Crippen LogP contribution in [0, 0.1) is 5.82 Å². The molecule has 1 amide bonds. The molecule has 0 aliphatic carbocycles. The van der Waals surface area contributed by atoms with Gasteiger partial charge < -0.3 is 11.1 Å². The molecule has 0 fully saturated rings. The molecule has 0 aromatic heterocycles. The molecule has 0 heterocycles. The minimum atomic E-state index is -0.534. The average Bonchev–Trinajstić information content (AvgIpc) is 2.46. The number of carbonyl (C=O) groups is 1. The summed E-state index contributed by atoms with van der Waals surface area (Å²) in [7, 11) is 0. The molecule has 0 spiro atoms. The van der Waals surface area contributed by atoms with Crippen LogP contribution >= 0.6 is 0 Å². The molecule has 1 unspecified atom stereocenters. The van der Waals surface area contributed by atoms with Crippen LogP contribution in [0.5, 0.6) is 0 Å². The summed E-state index contributed by atoms with van der Waals surface area (Å²) >= 11 is 0. The van der Waals surface area contributed by atoms with Crippen LogP contribution in [0.1, 0.15) is 22.0 Å². The Balaban J connectivity index is 1.96. The van der Waals surface area contributed by atoms with Gasteiger partial charge in [-0.2, -0.15) is 0 Å². The quantitative estimate of drug-likeness (QED) is 0.883. The summed E-state index contributed by atoms with van der Waals surface area (Å²) in [6.07, 6.45) is 0.